The Hall–Kier alpha value is -1.55. The topological polar surface area (TPSA) is 46.5 Å². The van der Waals surface area contributed by atoms with Crippen molar-refractivity contribution in [1.82, 2.24) is 0 Å². The first-order valence-corrected chi connectivity index (χ1v) is 5.43. The molecule has 0 spiro atoms. The van der Waals surface area contributed by atoms with Gasteiger partial charge in [0.1, 0.15) is 5.75 Å². The SMILES string of the molecule is COc1ccc(C(=O)O)c2cccc(Br)c12. The van der Waals surface area contributed by atoms with Crippen LogP contribution in [0.15, 0.2) is 34.8 Å². The van der Waals surface area contributed by atoms with Gasteiger partial charge in [0.15, 0.2) is 0 Å². The third-order valence-electron chi connectivity index (χ3n) is 2.40. The van der Waals surface area contributed by atoms with E-state index in [1.165, 1.54) is 0 Å². The molecule has 0 bridgehead atoms. The number of halogens is 1. The fourth-order valence-electron chi connectivity index (χ4n) is 1.69. The van der Waals surface area contributed by atoms with E-state index in [0.29, 0.717) is 11.1 Å². The lowest BCUT2D eigenvalue weighted by Gasteiger charge is -2.09. The zero-order valence-electron chi connectivity index (χ0n) is 8.53. The summed E-state index contributed by atoms with van der Waals surface area (Å²) in [6.45, 7) is 0. The summed E-state index contributed by atoms with van der Waals surface area (Å²) in [5.74, 6) is -0.279. The van der Waals surface area contributed by atoms with Gasteiger partial charge in [-0.05, 0) is 18.2 Å². The van der Waals surface area contributed by atoms with Gasteiger partial charge in [0, 0.05) is 15.2 Å². The largest absolute Gasteiger partial charge is 0.496 e. The molecule has 0 aliphatic heterocycles. The second-order valence-electron chi connectivity index (χ2n) is 3.28. The summed E-state index contributed by atoms with van der Waals surface area (Å²) in [6.07, 6.45) is 0. The lowest BCUT2D eigenvalue weighted by Crippen LogP contribution is -1.98. The van der Waals surface area contributed by atoms with E-state index in [1.54, 1.807) is 31.4 Å². The van der Waals surface area contributed by atoms with Crippen LogP contribution in [0.2, 0.25) is 0 Å². The number of methoxy groups -OCH3 is 1. The van der Waals surface area contributed by atoms with Crippen molar-refractivity contribution in [2.45, 2.75) is 0 Å². The number of fused-ring (bicyclic) bond motifs is 1. The molecule has 1 N–H and O–H groups in total. The number of aromatic carboxylic acids is 1. The quantitative estimate of drug-likeness (QED) is 0.918. The van der Waals surface area contributed by atoms with Gasteiger partial charge in [-0.1, -0.05) is 28.1 Å². The van der Waals surface area contributed by atoms with Gasteiger partial charge in [-0.3, -0.25) is 0 Å². The predicted molar refractivity (Wildman–Crippen MR) is 65.2 cm³/mol. The molecular formula is C12H9BrO3. The normalized spacial score (nSPS) is 10.4. The van der Waals surface area contributed by atoms with Gasteiger partial charge >= 0.3 is 5.97 Å². The maximum Gasteiger partial charge on any atom is 0.336 e. The lowest BCUT2D eigenvalue weighted by atomic mass is 10.0. The Morgan fingerprint density at radius 2 is 2.06 bits per heavy atom. The Kier molecular flexibility index (Phi) is 2.83. The van der Waals surface area contributed by atoms with Crippen molar-refractivity contribution in [2.24, 2.45) is 0 Å². The molecule has 0 saturated carbocycles. The molecule has 0 heterocycles. The number of hydrogen-bond donors (Lipinski definition) is 1. The number of carboxylic acids is 1. The van der Waals surface area contributed by atoms with Crippen LogP contribution in [0, 0.1) is 0 Å². The van der Waals surface area contributed by atoms with E-state index in [9.17, 15) is 4.79 Å². The number of rotatable bonds is 2. The van der Waals surface area contributed by atoms with E-state index in [4.69, 9.17) is 9.84 Å². The third kappa shape index (κ3) is 1.65. The highest BCUT2D eigenvalue weighted by Gasteiger charge is 2.13. The smallest absolute Gasteiger partial charge is 0.336 e. The van der Waals surface area contributed by atoms with E-state index in [0.717, 1.165) is 9.86 Å². The van der Waals surface area contributed by atoms with Crippen molar-refractivity contribution < 1.29 is 14.6 Å². The minimum Gasteiger partial charge on any atom is -0.496 e. The van der Waals surface area contributed by atoms with Gasteiger partial charge in [0.25, 0.3) is 0 Å². The monoisotopic (exact) mass is 280 g/mol. The maximum atomic E-state index is 11.1. The van der Waals surface area contributed by atoms with Crippen LogP contribution in [0.1, 0.15) is 10.4 Å². The molecule has 0 unspecified atom stereocenters. The summed E-state index contributed by atoms with van der Waals surface area (Å²) in [5, 5.41) is 10.5. The molecule has 0 aromatic heterocycles. The minimum atomic E-state index is -0.939. The highest BCUT2D eigenvalue weighted by atomic mass is 79.9. The van der Waals surface area contributed by atoms with E-state index in [2.05, 4.69) is 15.9 Å². The van der Waals surface area contributed by atoms with Gasteiger partial charge in [-0.15, -0.1) is 0 Å². The molecule has 0 aliphatic carbocycles. The molecule has 0 atom stereocenters. The number of benzene rings is 2. The average Bonchev–Trinajstić information content (AvgIpc) is 2.27. The number of hydrogen-bond acceptors (Lipinski definition) is 2. The van der Waals surface area contributed by atoms with Crippen LogP contribution in [0.4, 0.5) is 0 Å². The first kappa shape index (κ1) is 11.0. The highest BCUT2D eigenvalue weighted by Crippen LogP contribution is 2.34. The first-order valence-electron chi connectivity index (χ1n) is 4.63. The molecule has 0 fully saturated rings. The molecule has 0 amide bonds. The van der Waals surface area contributed by atoms with Crippen molar-refractivity contribution in [1.29, 1.82) is 0 Å². The fourth-order valence-corrected chi connectivity index (χ4v) is 2.25. The summed E-state index contributed by atoms with van der Waals surface area (Å²) in [7, 11) is 1.56. The second-order valence-corrected chi connectivity index (χ2v) is 4.14. The van der Waals surface area contributed by atoms with E-state index in [-0.39, 0.29) is 5.56 Å². The molecule has 82 valence electrons. The van der Waals surface area contributed by atoms with Gasteiger partial charge < -0.3 is 9.84 Å². The Balaban J connectivity index is 2.91. The summed E-state index contributed by atoms with van der Waals surface area (Å²) in [6, 6.07) is 8.65. The first-order chi connectivity index (χ1) is 7.65. The molecule has 0 saturated heterocycles. The molecular weight excluding hydrogens is 272 g/mol. The molecule has 2 rings (SSSR count). The summed E-state index contributed by atoms with van der Waals surface area (Å²) < 4.78 is 6.04. The maximum absolute atomic E-state index is 11.1. The van der Waals surface area contributed by atoms with Crippen LogP contribution in [0.5, 0.6) is 5.75 Å². The summed E-state index contributed by atoms with van der Waals surface area (Å²) >= 11 is 3.40. The molecule has 0 aliphatic rings. The van der Waals surface area contributed by atoms with Gasteiger partial charge in [0.05, 0.1) is 12.7 Å². The summed E-state index contributed by atoms with van der Waals surface area (Å²) in [4.78, 5) is 11.1. The minimum absolute atomic E-state index is 0.275. The van der Waals surface area contributed by atoms with Crippen LogP contribution in [0.3, 0.4) is 0 Å². The molecule has 4 heteroatoms. The van der Waals surface area contributed by atoms with E-state index >= 15 is 0 Å². The Morgan fingerprint density at radius 1 is 1.31 bits per heavy atom. The molecule has 0 radical (unpaired) electrons. The second kappa shape index (κ2) is 4.14. The van der Waals surface area contributed by atoms with Crippen LogP contribution in [0.25, 0.3) is 10.8 Å². The Labute approximate surface area is 101 Å². The molecule has 2 aromatic carbocycles. The fraction of sp³-hybridized carbons (Fsp3) is 0.0833. The number of carbonyl (C=O) groups is 1. The van der Waals surface area contributed by atoms with Crippen molar-refractivity contribution in [2.75, 3.05) is 7.11 Å². The van der Waals surface area contributed by atoms with Crippen molar-refractivity contribution >= 4 is 32.7 Å². The van der Waals surface area contributed by atoms with Crippen molar-refractivity contribution in [3.63, 3.8) is 0 Å². The van der Waals surface area contributed by atoms with Crippen molar-refractivity contribution in [3.05, 3.63) is 40.4 Å². The van der Waals surface area contributed by atoms with Gasteiger partial charge in [-0.2, -0.15) is 0 Å². The Morgan fingerprint density at radius 3 is 2.69 bits per heavy atom. The van der Waals surface area contributed by atoms with E-state index in [1.807, 2.05) is 6.07 Å². The van der Waals surface area contributed by atoms with Crippen LogP contribution >= 0.6 is 15.9 Å². The van der Waals surface area contributed by atoms with Gasteiger partial charge in [0.2, 0.25) is 0 Å². The summed E-state index contributed by atoms with van der Waals surface area (Å²) in [5.41, 5.74) is 0.275. The van der Waals surface area contributed by atoms with Crippen LogP contribution in [-0.2, 0) is 0 Å². The molecule has 3 nitrogen and oxygen atoms in total. The third-order valence-corrected chi connectivity index (χ3v) is 3.06. The average molecular weight is 281 g/mol. The zero-order valence-corrected chi connectivity index (χ0v) is 10.1. The zero-order chi connectivity index (χ0) is 11.7. The molecule has 2 aromatic rings. The molecule has 16 heavy (non-hydrogen) atoms. The van der Waals surface area contributed by atoms with Crippen LogP contribution < -0.4 is 4.74 Å². The number of ether oxygens (including phenoxy) is 1. The lowest BCUT2D eigenvalue weighted by molar-refractivity contribution is 0.0699. The van der Waals surface area contributed by atoms with Gasteiger partial charge in [-0.25, -0.2) is 4.79 Å². The highest BCUT2D eigenvalue weighted by molar-refractivity contribution is 9.10. The predicted octanol–water partition coefficient (Wildman–Crippen LogP) is 3.31. The van der Waals surface area contributed by atoms with Crippen molar-refractivity contribution in [3.8, 4) is 5.75 Å². The standard InChI is InChI=1S/C12H9BrO3/c1-16-10-6-5-8(12(14)15)7-3-2-4-9(13)11(7)10/h2-6H,1H3,(H,14,15). The van der Waals surface area contributed by atoms with Crippen LogP contribution in [-0.4, -0.2) is 18.2 Å². The Bertz CT molecular complexity index is 563. The number of carboxylic acid groups (broad SMARTS) is 1. The van der Waals surface area contributed by atoms with E-state index < -0.39 is 5.97 Å².